The standard InChI is InChI=1S/C8H11NS/c1-6-5-7-8(10-6)3-2-4-9-7/h2-4,6-7,9H,5H2,1H3. The molecule has 0 aromatic carbocycles. The summed E-state index contributed by atoms with van der Waals surface area (Å²) in [5.74, 6) is 0. The molecular weight excluding hydrogens is 142 g/mol. The summed E-state index contributed by atoms with van der Waals surface area (Å²) >= 11 is 2.00. The van der Waals surface area contributed by atoms with Crippen molar-refractivity contribution in [3.63, 3.8) is 0 Å². The molecule has 0 radical (unpaired) electrons. The number of hydrogen-bond acceptors (Lipinski definition) is 2. The molecule has 1 saturated heterocycles. The van der Waals surface area contributed by atoms with E-state index in [1.807, 2.05) is 18.0 Å². The van der Waals surface area contributed by atoms with Crippen molar-refractivity contribution in [2.45, 2.75) is 24.6 Å². The fourth-order valence-electron chi connectivity index (χ4n) is 1.43. The van der Waals surface area contributed by atoms with Crippen molar-refractivity contribution in [1.82, 2.24) is 5.32 Å². The maximum Gasteiger partial charge on any atom is 0.0578 e. The first-order valence-corrected chi connectivity index (χ1v) is 4.53. The van der Waals surface area contributed by atoms with E-state index in [1.165, 1.54) is 11.3 Å². The lowest BCUT2D eigenvalue weighted by molar-refractivity contribution is 0.645. The first-order chi connectivity index (χ1) is 4.86. The highest BCUT2D eigenvalue weighted by Gasteiger charge is 2.26. The summed E-state index contributed by atoms with van der Waals surface area (Å²) in [5.41, 5.74) is 0. The summed E-state index contributed by atoms with van der Waals surface area (Å²) in [7, 11) is 0. The van der Waals surface area contributed by atoms with Gasteiger partial charge in [0.1, 0.15) is 0 Å². The van der Waals surface area contributed by atoms with Crippen molar-refractivity contribution in [3.8, 4) is 0 Å². The first kappa shape index (κ1) is 6.35. The van der Waals surface area contributed by atoms with Gasteiger partial charge in [0.2, 0.25) is 0 Å². The van der Waals surface area contributed by atoms with Crippen LogP contribution in [0.2, 0.25) is 0 Å². The zero-order valence-corrected chi connectivity index (χ0v) is 6.82. The van der Waals surface area contributed by atoms with Crippen LogP contribution in [-0.2, 0) is 0 Å². The van der Waals surface area contributed by atoms with Crippen LogP contribution in [0.4, 0.5) is 0 Å². The van der Waals surface area contributed by atoms with Crippen molar-refractivity contribution in [3.05, 3.63) is 23.3 Å². The monoisotopic (exact) mass is 153 g/mol. The lowest BCUT2D eigenvalue weighted by Crippen LogP contribution is -2.24. The van der Waals surface area contributed by atoms with Gasteiger partial charge in [-0.2, -0.15) is 0 Å². The lowest BCUT2D eigenvalue weighted by atomic mass is 10.1. The van der Waals surface area contributed by atoms with E-state index in [0.717, 1.165) is 5.25 Å². The number of fused-ring (bicyclic) bond motifs is 1. The molecule has 0 aromatic rings. The van der Waals surface area contributed by atoms with E-state index in [-0.39, 0.29) is 0 Å². The number of rotatable bonds is 0. The second-order valence-electron chi connectivity index (χ2n) is 2.81. The van der Waals surface area contributed by atoms with Crippen LogP contribution in [0.3, 0.4) is 0 Å². The highest BCUT2D eigenvalue weighted by Crippen LogP contribution is 2.37. The Kier molecular flexibility index (Phi) is 1.49. The molecule has 1 nitrogen and oxygen atoms in total. The highest BCUT2D eigenvalue weighted by molar-refractivity contribution is 8.04. The molecule has 0 saturated carbocycles. The minimum Gasteiger partial charge on any atom is -0.384 e. The summed E-state index contributed by atoms with van der Waals surface area (Å²) in [6, 6.07) is 0.630. The maximum atomic E-state index is 3.34. The third-order valence-electron chi connectivity index (χ3n) is 1.90. The van der Waals surface area contributed by atoms with Crippen molar-refractivity contribution < 1.29 is 0 Å². The Labute approximate surface area is 65.6 Å². The molecule has 10 heavy (non-hydrogen) atoms. The molecule has 2 rings (SSSR count). The van der Waals surface area contributed by atoms with Crippen molar-refractivity contribution in [2.75, 3.05) is 0 Å². The van der Waals surface area contributed by atoms with Gasteiger partial charge >= 0.3 is 0 Å². The smallest absolute Gasteiger partial charge is 0.0578 e. The third kappa shape index (κ3) is 0.966. The maximum absolute atomic E-state index is 3.34. The Bertz CT molecular complexity index is 195. The first-order valence-electron chi connectivity index (χ1n) is 3.66. The molecule has 0 bridgehead atoms. The molecule has 0 aliphatic carbocycles. The topological polar surface area (TPSA) is 12.0 Å². The van der Waals surface area contributed by atoms with Gasteiger partial charge in [0.25, 0.3) is 0 Å². The van der Waals surface area contributed by atoms with Gasteiger partial charge in [0.05, 0.1) is 6.04 Å². The summed E-state index contributed by atoms with van der Waals surface area (Å²) in [6.07, 6.45) is 7.61. The molecule has 0 aromatic heterocycles. The zero-order chi connectivity index (χ0) is 6.97. The van der Waals surface area contributed by atoms with Gasteiger partial charge in [0, 0.05) is 10.2 Å². The lowest BCUT2D eigenvalue weighted by Gasteiger charge is -2.13. The Morgan fingerprint density at radius 3 is 3.40 bits per heavy atom. The fraction of sp³-hybridized carbons (Fsp3) is 0.500. The predicted molar refractivity (Wildman–Crippen MR) is 45.8 cm³/mol. The number of nitrogens with one attached hydrogen (secondary N) is 1. The van der Waals surface area contributed by atoms with Gasteiger partial charge in [-0.1, -0.05) is 6.92 Å². The Morgan fingerprint density at radius 2 is 2.60 bits per heavy atom. The molecule has 2 aliphatic rings. The molecule has 0 amide bonds. The number of dihydropyridines is 1. The minimum absolute atomic E-state index is 0.630. The SMILES string of the molecule is CC1CC2NC=CC=C2S1. The highest BCUT2D eigenvalue weighted by atomic mass is 32.2. The average Bonchev–Trinajstić information content (AvgIpc) is 2.27. The quantitative estimate of drug-likeness (QED) is 0.570. The largest absolute Gasteiger partial charge is 0.384 e. The van der Waals surface area contributed by atoms with Gasteiger partial charge in [-0.3, -0.25) is 0 Å². The van der Waals surface area contributed by atoms with E-state index >= 15 is 0 Å². The van der Waals surface area contributed by atoms with E-state index in [2.05, 4.69) is 24.4 Å². The Balaban J connectivity index is 2.18. The summed E-state index contributed by atoms with van der Waals surface area (Å²) in [5, 5.41) is 4.14. The van der Waals surface area contributed by atoms with Crippen LogP contribution in [0.1, 0.15) is 13.3 Å². The predicted octanol–water partition coefficient (Wildman–Crippen LogP) is 1.88. The Morgan fingerprint density at radius 1 is 1.70 bits per heavy atom. The number of allylic oxidation sites excluding steroid dienone is 2. The molecule has 1 N–H and O–H groups in total. The van der Waals surface area contributed by atoms with Crippen LogP contribution in [-0.4, -0.2) is 11.3 Å². The van der Waals surface area contributed by atoms with Crippen LogP contribution in [0.25, 0.3) is 0 Å². The molecule has 0 spiro atoms. The summed E-state index contributed by atoms with van der Waals surface area (Å²) in [6.45, 7) is 2.28. The van der Waals surface area contributed by atoms with Crippen LogP contribution in [0, 0.1) is 0 Å². The zero-order valence-electron chi connectivity index (χ0n) is 6.00. The van der Waals surface area contributed by atoms with Gasteiger partial charge in [-0.05, 0) is 24.8 Å². The van der Waals surface area contributed by atoms with E-state index in [9.17, 15) is 0 Å². The van der Waals surface area contributed by atoms with Gasteiger partial charge in [-0.15, -0.1) is 11.8 Å². The fourth-order valence-corrected chi connectivity index (χ4v) is 2.67. The van der Waals surface area contributed by atoms with Crippen molar-refractivity contribution in [1.29, 1.82) is 0 Å². The second kappa shape index (κ2) is 2.35. The van der Waals surface area contributed by atoms with Crippen LogP contribution >= 0.6 is 11.8 Å². The molecule has 54 valence electrons. The summed E-state index contributed by atoms with van der Waals surface area (Å²) in [4.78, 5) is 1.51. The minimum atomic E-state index is 0.630. The van der Waals surface area contributed by atoms with E-state index in [0.29, 0.717) is 6.04 Å². The Hall–Kier alpha value is -0.370. The molecule has 2 unspecified atom stereocenters. The third-order valence-corrected chi connectivity index (χ3v) is 3.19. The molecule has 1 fully saturated rings. The average molecular weight is 153 g/mol. The van der Waals surface area contributed by atoms with Crippen LogP contribution < -0.4 is 5.32 Å². The molecule has 2 heterocycles. The van der Waals surface area contributed by atoms with Gasteiger partial charge in [-0.25, -0.2) is 0 Å². The van der Waals surface area contributed by atoms with E-state index < -0.39 is 0 Å². The van der Waals surface area contributed by atoms with Crippen LogP contribution in [0.15, 0.2) is 23.3 Å². The van der Waals surface area contributed by atoms with Crippen molar-refractivity contribution in [2.24, 2.45) is 0 Å². The normalized spacial score (nSPS) is 36.7. The molecule has 2 aliphatic heterocycles. The summed E-state index contributed by atoms with van der Waals surface area (Å²) < 4.78 is 0. The number of thioether (sulfide) groups is 1. The van der Waals surface area contributed by atoms with Crippen LogP contribution in [0.5, 0.6) is 0 Å². The number of hydrogen-bond donors (Lipinski definition) is 1. The van der Waals surface area contributed by atoms with Crippen molar-refractivity contribution >= 4 is 11.8 Å². The molecular formula is C8H11NS. The molecule has 2 heteroatoms. The second-order valence-corrected chi connectivity index (χ2v) is 4.32. The van der Waals surface area contributed by atoms with E-state index in [4.69, 9.17) is 0 Å². The van der Waals surface area contributed by atoms with Gasteiger partial charge in [0.15, 0.2) is 0 Å². The van der Waals surface area contributed by atoms with E-state index in [1.54, 1.807) is 0 Å². The molecule has 2 atom stereocenters. The van der Waals surface area contributed by atoms with Gasteiger partial charge < -0.3 is 5.32 Å².